The summed E-state index contributed by atoms with van der Waals surface area (Å²) in [5, 5.41) is 21.6. The fourth-order valence-electron chi connectivity index (χ4n) is 4.10. The largest absolute Gasteiger partial charge is 0.488 e. The number of ether oxygens (including phenoxy) is 2. The van der Waals surface area contributed by atoms with Crippen molar-refractivity contribution in [1.29, 1.82) is 0 Å². The normalized spacial score (nSPS) is 20.2. The molecule has 1 aromatic heterocycles. The first-order valence-electron chi connectivity index (χ1n) is 11.3. The maximum Gasteiger partial charge on any atom is 0.329 e. The third-order valence-electron chi connectivity index (χ3n) is 6.20. The fourth-order valence-corrected chi connectivity index (χ4v) is 4.10. The number of aliphatic hydroxyl groups is 1. The Morgan fingerprint density at radius 3 is 2.52 bits per heavy atom. The van der Waals surface area contributed by atoms with E-state index in [9.17, 15) is 14.7 Å². The van der Waals surface area contributed by atoms with E-state index in [1.54, 1.807) is 0 Å². The maximum absolute atomic E-state index is 12.9. The second-order valence-corrected chi connectivity index (χ2v) is 8.65. The monoisotopic (exact) mass is 456 g/mol. The number of carbonyl (C=O) groups excluding carboxylic acids is 1. The van der Waals surface area contributed by atoms with E-state index in [0.717, 1.165) is 24.0 Å². The molecule has 0 saturated heterocycles. The molecule has 1 aromatic carbocycles. The van der Waals surface area contributed by atoms with Gasteiger partial charge in [-0.3, -0.25) is 4.79 Å². The number of rotatable bonds is 10. The van der Waals surface area contributed by atoms with Crippen LogP contribution in [0.2, 0.25) is 0 Å². The van der Waals surface area contributed by atoms with Crippen LogP contribution in [0.3, 0.4) is 0 Å². The number of hydrogen-bond acceptors (Lipinski definition) is 6. The number of benzene rings is 1. The van der Waals surface area contributed by atoms with Gasteiger partial charge in [-0.2, -0.15) is 0 Å². The molecule has 3 N–H and O–H groups in total. The van der Waals surface area contributed by atoms with Gasteiger partial charge in [0.25, 0.3) is 11.8 Å². The Labute approximate surface area is 193 Å². The SMILES string of the molecule is COc1ncc(C(=O)N[C@]2(C(=O)O)CC[C@@H](C)CC2)cc1OCCc1cccc(CCO)c1. The van der Waals surface area contributed by atoms with Crippen LogP contribution < -0.4 is 14.8 Å². The predicted molar refractivity (Wildman–Crippen MR) is 123 cm³/mol. The predicted octanol–water partition coefficient (Wildman–Crippen LogP) is 3.01. The topological polar surface area (TPSA) is 118 Å². The molecule has 1 aliphatic rings. The van der Waals surface area contributed by atoms with Crippen LogP contribution >= 0.6 is 0 Å². The van der Waals surface area contributed by atoms with Crippen LogP contribution in [0.4, 0.5) is 0 Å². The Morgan fingerprint density at radius 1 is 1.18 bits per heavy atom. The zero-order valence-electron chi connectivity index (χ0n) is 19.2. The van der Waals surface area contributed by atoms with Crippen LogP contribution in [0.25, 0.3) is 0 Å². The van der Waals surface area contributed by atoms with Crippen molar-refractivity contribution >= 4 is 11.9 Å². The highest BCUT2D eigenvalue weighted by atomic mass is 16.5. The molecule has 8 heteroatoms. The van der Waals surface area contributed by atoms with Gasteiger partial charge >= 0.3 is 5.97 Å². The molecule has 2 aromatic rings. The van der Waals surface area contributed by atoms with Gasteiger partial charge in [0.1, 0.15) is 5.54 Å². The zero-order chi connectivity index (χ0) is 23.8. The van der Waals surface area contributed by atoms with E-state index in [2.05, 4.69) is 17.2 Å². The third-order valence-corrected chi connectivity index (χ3v) is 6.20. The first kappa shape index (κ1) is 24.5. The Hall–Kier alpha value is -3.13. The number of nitrogens with zero attached hydrogens (tertiary/aromatic N) is 1. The van der Waals surface area contributed by atoms with Crippen molar-refractivity contribution in [2.24, 2.45) is 5.92 Å². The number of nitrogens with one attached hydrogen (secondary N) is 1. The standard InChI is InChI=1S/C25H32N2O6/c1-17-6-10-25(11-7-17,24(30)31)27-22(29)20-15-21(23(32-2)26-16-20)33-13-9-19-5-3-4-18(14-19)8-12-28/h3-5,14-17,28H,6-13H2,1-2H3,(H,27,29)(H,30,31)/t17-,25-. The summed E-state index contributed by atoms with van der Waals surface area (Å²) in [6, 6.07) is 9.45. The highest BCUT2D eigenvalue weighted by Crippen LogP contribution is 2.33. The van der Waals surface area contributed by atoms with Crippen molar-refractivity contribution < 1.29 is 29.3 Å². The van der Waals surface area contributed by atoms with Crippen LogP contribution in [-0.4, -0.2) is 52.9 Å². The number of carboxylic acid groups (broad SMARTS) is 1. The summed E-state index contributed by atoms with van der Waals surface area (Å²) < 4.78 is 11.1. The highest BCUT2D eigenvalue weighted by molar-refractivity contribution is 5.98. The second-order valence-electron chi connectivity index (χ2n) is 8.65. The van der Waals surface area contributed by atoms with E-state index in [4.69, 9.17) is 14.6 Å². The molecule has 0 aliphatic heterocycles. The minimum Gasteiger partial charge on any atom is -0.488 e. The lowest BCUT2D eigenvalue weighted by Gasteiger charge is -2.36. The van der Waals surface area contributed by atoms with E-state index < -0.39 is 17.4 Å². The first-order chi connectivity index (χ1) is 15.9. The van der Waals surface area contributed by atoms with E-state index in [1.165, 1.54) is 19.4 Å². The number of aliphatic carboxylic acids is 1. The van der Waals surface area contributed by atoms with Crippen molar-refractivity contribution in [2.75, 3.05) is 20.3 Å². The first-order valence-corrected chi connectivity index (χ1v) is 11.3. The Balaban J connectivity index is 1.69. The molecule has 0 atom stereocenters. The molecule has 0 bridgehead atoms. The van der Waals surface area contributed by atoms with Gasteiger partial charge in [-0.25, -0.2) is 9.78 Å². The minimum atomic E-state index is -1.26. The van der Waals surface area contributed by atoms with E-state index in [0.29, 0.717) is 44.0 Å². The molecule has 1 aliphatic carbocycles. The highest BCUT2D eigenvalue weighted by Gasteiger charge is 2.42. The number of carbonyl (C=O) groups is 2. The van der Waals surface area contributed by atoms with Crippen molar-refractivity contribution in [2.45, 2.75) is 51.0 Å². The van der Waals surface area contributed by atoms with E-state index >= 15 is 0 Å². The maximum atomic E-state index is 12.9. The van der Waals surface area contributed by atoms with Crippen molar-refractivity contribution in [3.05, 3.63) is 53.2 Å². The number of amides is 1. The molecule has 3 rings (SSSR count). The van der Waals surface area contributed by atoms with E-state index in [-0.39, 0.29) is 18.1 Å². The molecule has 178 valence electrons. The van der Waals surface area contributed by atoms with Gasteiger partial charge in [0.15, 0.2) is 5.75 Å². The smallest absolute Gasteiger partial charge is 0.329 e. The molecule has 0 unspecified atom stereocenters. The van der Waals surface area contributed by atoms with Crippen molar-refractivity contribution in [1.82, 2.24) is 10.3 Å². The summed E-state index contributed by atoms with van der Waals surface area (Å²) in [4.78, 5) is 29.1. The average molecular weight is 457 g/mol. The summed E-state index contributed by atoms with van der Waals surface area (Å²) in [6.07, 6.45) is 4.89. The molecule has 33 heavy (non-hydrogen) atoms. The lowest BCUT2D eigenvalue weighted by molar-refractivity contribution is -0.146. The van der Waals surface area contributed by atoms with Gasteiger partial charge in [0.05, 0.1) is 19.3 Å². The van der Waals surface area contributed by atoms with Gasteiger partial charge in [-0.1, -0.05) is 31.2 Å². The van der Waals surface area contributed by atoms with Gasteiger partial charge in [-0.15, -0.1) is 0 Å². The molecule has 1 heterocycles. The number of methoxy groups -OCH3 is 1. The fraction of sp³-hybridized carbons (Fsp3) is 0.480. The lowest BCUT2D eigenvalue weighted by Crippen LogP contribution is -2.56. The molecular formula is C25H32N2O6. The average Bonchev–Trinajstić information content (AvgIpc) is 2.81. The summed E-state index contributed by atoms with van der Waals surface area (Å²) in [5.74, 6) is -0.493. The third kappa shape index (κ3) is 6.22. The van der Waals surface area contributed by atoms with Crippen LogP contribution in [0.15, 0.2) is 36.5 Å². The van der Waals surface area contributed by atoms with Gasteiger partial charge in [0, 0.05) is 25.3 Å². The van der Waals surface area contributed by atoms with Crippen molar-refractivity contribution in [3.8, 4) is 11.6 Å². The minimum absolute atomic E-state index is 0.0971. The Morgan fingerprint density at radius 2 is 1.88 bits per heavy atom. The summed E-state index contributed by atoms with van der Waals surface area (Å²) >= 11 is 0. The van der Waals surface area contributed by atoms with Crippen molar-refractivity contribution in [3.63, 3.8) is 0 Å². The number of hydrogen-bond donors (Lipinski definition) is 3. The van der Waals surface area contributed by atoms with Crippen LogP contribution in [0.1, 0.15) is 54.1 Å². The molecule has 1 amide bonds. The van der Waals surface area contributed by atoms with E-state index in [1.807, 2.05) is 24.3 Å². The molecule has 8 nitrogen and oxygen atoms in total. The second kappa shape index (κ2) is 11.1. The molecular weight excluding hydrogens is 424 g/mol. The van der Waals surface area contributed by atoms with Gasteiger partial charge in [0.2, 0.25) is 0 Å². The number of pyridine rings is 1. The Kier molecular flexibility index (Phi) is 8.27. The number of aliphatic hydroxyl groups excluding tert-OH is 1. The lowest BCUT2D eigenvalue weighted by atomic mass is 9.77. The van der Waals surface area contributed by atoms with Crippen LogP contribution in [-0.2, 0) is 17.6 Å². The zero-order valence-corrected chi connectivity index (χ0v) is 19.2. The quantitative estimate of drug-likeness (QED) is 0.503. The van der Waals surface area contributed by atoms with Gasteiger partial charge < -0.3 is 25.0 Å². The summed E-state index contributed by atoms with van der Waals surface area (Å²) in [5.41, 5.74) is 1.08. The molecule has 1 saturated carbocycles. The van der Waals surface area contributed by atoms with Crippen LogP contribution in [0, 0.1) is 5.92 Å². The molecule has 1 fully saturated rings. The van der Waals surface area contributed by atoms with Gasteiger partial charge in [-0.05, 0) is 49.1 Å². The molecule has 0 radical (unpaired) electrons. The number of carboxylic acids is 1. The van der Waals surface area contributed by atoms with Crippen LogP contribution in [0.5, 0.6) is 11.6 Å². The summed E-state index contributed by atoms with van der Waals surface area (Å²) in [7, 11) is 1.47. The Bertz CT molecular complexity index is 969. The molecule has 0 spiro atoms. The number of aromatic nitrogens is 1. The summed E-state index contributed by atoms with van der Waals surface area (Å²) in [6.45, 7) is 2.52.